The third-order valence-electron chi connectivity index (χ3n) is 3.51. The average Bonchev–Trinajstić information content (AvgIpc) is 2.89. The van der Waals surface area contributed by atoms with Crippen LogP contribution in [0.3, 0.4) is 0 Å². The number of nitro benzene ring substituents is 1. The van der Waals surface area contributed by atoms with Gasteiger partial charge in [0.05, 0.1) is 22.6 Å². The molecule has 2 amide bonds. The molecule has 1 saturated heterocycles. The quantitative estimate of drug-likeness (QED) is 0.470. The number of carbonyl (C=O) groups excluding carboxylic acids is 2. The van der Waals surface area contributed by atoms with Gasteiger partial charge in [-0.05, 0) is 47.7 Å². The topological polar surface area (TPSA) is 89.8 Å². The smallest absolute Gasteiger partial charge is 0.298 e. The number of carbonyl (C=O) groups is 2. The third-order valence-corrected chi connectivity index (χ3v) is 4.38. The number of methoxy groups -OCH3 is 1. The number of hydrogen-bond acceptors (Lipinski definition) is 6. The maximum Gasteiger partial charge on any atom is 0.298 e. The summed E-state index contributed by atoms with van der Waals surface area (Å²) in [7, 11) is 1.50. The SMILES string of the molecule is COc1cccc(N2C(=O)S/C(=C\c3ccc([N+](=O)[O-])cc3)C2=O)c1. The number of rotatable bonds is 4. The van der Waals surface area contributed by atoms with Crippen LogP contribution in [0.5, 0.6) is 5.75 Å². The van der Waals surface area contributed by atoms with Crippen molar-refractivity contribution in [2.24, 2.45) is 0 Å². The van der Waals surface area contributed by atoms with Gasteiger partial charge >= 0.3 is 0 Å². The van der Waals surface area contributed by atoms with Crippen LogP contribution in [0.2, 0.25) is 0 Å². The number of ether oxygens (including phenoxy) is 1. The van der Waals surface area contributed by atoms with E-state index in [1.54, 1.807) is 24.3 Å². The largest absolute Gasteiger partial charge is 0.497 e. The summed E-state index contributed by atoms with van der Waals surface area (Å²) in [5.74, 6) is 0.0949. The van der Waals surface area contributed by atoms with Gasteiger partial charge in [0.2, 0.25) is 0 Å². The fraction of sp³-hybridized carbons (Fsp3) is 0.0588. The number of benzene rings is 2. The predicted molar refractivity (Wildman–Crippen MR) is 94.5 cm³/mol. The van der Waals surface area contributed by atoms with Crippen LogP contribution in [0.1, 0.15) is 5.56 Å². The molecule has 25 heavy (non-hydrogen) atoms. The van der Waals surface area contributed by atoms with E-state index in [1.807, 2.05) is 0 Å². The molecule has 1 heterocycles. The van der Waals surface area contributed by atoms with Gasteiger partial charge in [-0.15, -0.1) is 0 Å². The van der Waals surface area contributed by atoms with Gasteiger partial charge in [0.25, 0.3) is 16.8 Å². The summed E-state index contributed by atoms with van der Waals surface area (Å²) in [6.45, 7) is 0. The van der Waals surface area contributed by atoms with Crippen LogP contribution in [0.25, 0.3) is 6.08 Å². The molecule has 126 valence electrons. The Balaban J connectivity index is 1.88. The summed E-state index contributed by atoms with van der Waals surface area (Å²) in [5, 5.41) is 10.3. The van der Waals surface area contributed by atoms with E-state index < -0.39 is 16.1 Å². The number of non-ortho nitro benzene ring substituents is 1. The Bertz CT molecular complexity index is 892. The Morgan fingerprint density at radius 3 is 2.52 bits per heavy atom. The summed E-state index contributed by atoms with van der Waals surface area (Å²) in [6.07, 6.45) is 1.54. The first kappa shape index (κ1) is 16.7. The van der Waals surface area contributed by atoms with Gasteiger partial charge in [-0.1, -0.05) is 6.07 Å². The highest BCUT2D eigenvalue weighted by Gasteiger charge is 2.36. The first-order chi connectivity index (χ1) is 12.0. The minimum Gasteiger partial charge on any atom is -0.497 e. The molecule has 0 unspecified atom stereocenters. The number of hydrogen-bond donors (Lipinski definition) is 0. The van der Waals surface area contributed by atoms with Gasteiger partial charge < -0.3 is 4.74 Å². The van der Waals surface area contributed by atoms with Crippen LogP contribution in [-0.4, -0.2) is 23.2 Å². The van der Waals surface area contributed by atoms with Crippen molar-refractivity contribution in [1.82, 2.24) is 0 Å². The summed E-state index contributed by atoms with van der Waals surface area (Å²) in [5.41, 5.74) is 0.984. The van der Waals surface area contributed by atoms with Crippen LogP contribution in [-0.2, 0) is 4.79 Å². The van der Waals surface area contributed by atoms with Crippen molar-refractivity contribution in [3.8, 4) is 5.75 Å². The average molecular weight is 356 g/mol. The van der Waals surface area contributed by atoms with Crippen molar-refractivity contribution in [2.45, 2.75) is 0 Å². The molecule has 2 aromatic carbocycles. The molecule has 0 N–H and O–H groups in total. The van der Waals surface area contributed by atoms with Crippen molar-refractivity contribution in [2.75, 3.05) is 12.0 Å². The Morgan fingerprint density at radius 2 is 1.88 bits per heavy atom. The van der Waals surface area contributed by atoms with E-state index in [0.717, 1.165) is 16.7 Å². The molecular weight excluding hydrogens is 344 g/mol. The van der Waals surface area contributed by atoms with Crippen molar-refractivity contribution in [3.05, 3.63) is 69.1 Å². The van der Waals surface area contributed by atoms with Crippen molar-refractivity contribution < 1.29 is 19.2 Å². The Labute approximate surface area is 147 Å². The van der Waals surface area contributed by atoms with Gasteiger partial charge in [-0.3, -0.25) is 19.7 Å². The highest BCUT2D eigenvalue weighted by atomic mass is 32.2. The number of nitrogens with zero attached hydrogens (tertiary/aromatic N) is 2. The van der Waals surface area contributed by atoms with E-state index in [0.29, 0.717) is 17.0 Å². The second kappa shape index (κ2) is 6.78. The maximum absolute atomic E-state index is 12.6. The van der Waals surface area contributed by atoms with Crippen LogP contribution in [0, 0.1) is 10.1 Å². The fourth-order valence-corrected chi connectivity index (χ4v) is 3.12. The minimum atomic E-state index is -0.500. The molecule has 1 fully saturated rings. The minimum absolute atomic E-state index is 0.0402. The van der Waals surface area contributed by atoms with Crippen LogP contribution >= 0.6 is 11.8 Å². The summed E-state index contributed by atoms with van der Waals surface area (Å²) in [6, 6.07) is 12.4. The number of thioether (sulfide) groups is 1. The summed E-state index contributed by atoms with van der Waals surface area (Å²) >= 11 is 0.819. The third kappa shape index (κ3) is 3.38. The van der Waals surface area contributed by atoms with Gasteiger partial charge in [0, 0.05) is 18.2 Å². The fourth-order valence-electron chi connectivity index (χ4n) is 2.28. The second-order valence-corrected chi connectivity index (χ2v) is 6.06. The lowest BCUT2D eigenvalue weighted by molar-refractivity contribution is -0.384. The zero-order valence-electron chi connectivity index (χ0n) is 13.0. The molecule has 7 nitrogen and oxygen atoms in total. The van der Waals surface area contributed by atoms with E-state index in [9.17, 15) is 19.7 Å². The number of anilines is 1. The first-order valence-electron chi connectivity index (χ1n) is 7.16. The lowest BCUT2D eigenvalue weighted by Crippen LogP contribution is -2.27. The lowest BCUT2D eigenvalue weighted by atomic mass is 10.2. The molecular formula is C17H12N2O5S. The van der Waals surface area contributed by atoms with E-state index in [-0.39, 0.29) is 10.6 Å². The van der Waals surface area contributed by atoms with Gasteiger partial charge in [-0.2, -0.15) is 0 Å². The van der Waals surface area contributed by atoms with Crippen LogP contribution in [0.4, 0.5) is 16.2 Å². The molecule has 1 aliphatic heterocycles. The van der Waals surface area contributed by atoms with E-state index in [4.69, 9.17) is 4.74 Å². The van der Waals surface area contributed by atoms with Crippen LogP contribution in [0.15, 0.2) is 53.4 Å². The van der Waals surface area contributed by atoms with Gasteiger partial charge in [0.1, 0.15) is 5.75 Å². The molecule has 0 atom stereocenters. The second-order valence-electron chi connectivity index (χ2n) is 5.07. The Kier molecular flexibility index (Phi) is 4.53. The van der Waals surface area contributed by atoms with E-state index >= 15 is 0 Å². The molecule has 2 aromatic rings. The molecule has 0 radical (unpaired) electrons. The standard InChI is InChI=1S/C17H12N2O5S/c1-24-14-4-2-3-13(10-14)18-16(20)15(25-17(18)21)9-11-5-7-12(8-6-11)19(22)23/h2-10H,1H3/b15-9-. The van der Waals surface area contributed by atoms with Gasteiger partial charge in [-0.25, -0.2) is 4.90 Å². The number of amides is 2. The Morgan fingerprint density at radius 1 is 1.16 bits per heavy atom. The summed E-state index contributed by atoms with van der Waals surface area (Å²) in [4.78, 5) is 36.3. The van der Waals surface area contributed by atoms with Crippen LogP contribution < -0.4 is 9.64 Å². The maximum atomic E-state index is 12.6. The molecule has 1 aliphatic rings. The zero-order chi connectivity index (χ0) is 18.0. The van der Waals surface area contributed by atoms with Crippen molar-refractivity contribution >= 4 is 40.4 Å². The molecule has 3 rings (SSSR count). The van der Waals surface area contributed by atoms with E-state index in [1.165, 1.54) is 37.5 Å². The predicted octanol–water partition coefficient (Wildman–Crippen LogP) is 3.84. The summed E-state index contributed by atoms with van der Waals surface area (Å²) < 4.78 is 5.11. The molecule has 0 saturated carbocycles. The molecule has 8 heteroatoms. The molecule has 0 aliphatic carbocycles. The normalized spacial score (nSPS) is 15.7. The molecule has 0 aromatic heterocycles. The monoisotopic (exact) mass is 356 g/mol. The molecule has 0 bridgehead atoms. The van der Waals surface area contributed by atoms with Crippen molar-refractivity contribution in [3.63, 3.8) is 0 Å². The number of nitro groups is 1. The zero-order valence-corrected chi connectivity index (χ0v) is 13.9. The van der Waals surface area contributed by atoms with E-state index in [2.05, 4.69) is 0 Å². The van der Waals surface area contributed by atoms with Crippen molar-refractivity contribution in [1.29, 1.82) is 0 Å². The first-order valence-corrected chi connectivity index (χ1v) is 7.98. The highest BCUT2D eigenvalue weighted by molar-refractivity contribution is 8.19. The lowest BCUT2D eigenvalue weighted by Gasteiger charge is -2.13. The number of imide groups is 1. The highest BCUT2D eigenvalue weighted by Crippen LogP contribution is 2.36. The van der Waals surface area contributed by atoms with Gasteiger partial charge in [0.15, 0.2) is 0 Å². The Hall–Kier alpha value is -3.13. The molecule has 0 spiro atoms.